The molecule has 3 aromatic heterocycles. The molecule has 310 valence electrons. The zero-order chi connectivity index (χ0) is 44.6. The van der Waals surface area contributed by atoms with Crippen molar-refractivity contribution in [1.29, 1.82) is 5.26 Å². The maximum atomic E-state index is 10.0. The first kappa shape index (κ1) is 38.1. The van der Waals surface area contributed by atoms with Gasteiger partial charge in [0.1, 0.15) is 0 Å². The van der Waals surface area contributed by atoms with Crippen molar-refractivity contribution in [1.82, 2.24) is 13.7 Å². The van der Waals surface area contributed by atoms with Crippen LogP contribution in [0.15, 0.2) is 224 Å². The van der Waals surface area contributed by atoms with Gasteiger partial charge in [0, 0.05) is 54.8 Å². The van der Waals surface area contributed by atoms with Gasteiger partial charge in [0.05, 0.1) is 57.0 Å². The first-order chi connectivity index (χ1) is 33.2. The monoisotopic (exact) mass is 851 g/mol. The summed E-state index contributed by atoms with van der Waals surface area (Å²) in [6, 6.07) is 81.7. The third kappa shape index (κ3) is 5.86. The predicted molar refractivity (Wildman–Crippen MR) is 277 cm³/mol. The Hall–Kier alpha value is -9.42. The minimum atomic E-state index is 0.497. The van der Waals surface area contributed by atoms with Gasteiger partial charge in [-0.2, -0.15) is 5.26 Å². The second-order valence-corrected chi connectivity index (χ2v) is 17.1. The fourth-order valence-corrected chi connectivity index (χ4v) is 10.6. The van der Waals surface area contributed by atoms with Gasteiger partial charge in [0.15, 0.2) is 5.69 Å². The Kier molecular flexibility index (Phi) is 8.58. The molecule has 0 amide bonds. The summed E-state index contributed by atoms with van der Waals surface area (Å²) in [5.41, 5.74) is 16.6. The van der Waals surface area contributed by atoms with E-state index in [9.17, 15) is 5.26 Å². The molecule has 0 saturated heterocycles. The molecule has 0 N–H and O–H groups in total. The van der Waals surface area contributed by atoms with E-state index in [4.69, 9.17) is 6.57 Å². The van der Waals surface area contributed by atoms with E-state index in [2.05, 4.69) is 219 Å². The molecule has 0 aliphatic rings. The number of aromatic nitrogens is 3. The van der Waals surface area contributed by atoms with Crippen molar-refractivity contribution in [2.24, 2.45) is 0 Å². The second-order valence-electron chi connectivity index (χ2n) is 17.1. The van der Waals surface area contributed by atoms with E-state index < -0.39 is 0 Å². The number of nitriles is 1. The molecule has 0 saturated carbocycles. The van der Waals surface area contributed by atoms with E-state index in [0.29, 0.717) is 11.3 Å². The summed E-state index contributed by atoms with van der Waals surface area (Å²) < 4.78 is 7.24. The highest BCUT2D eigenvalue weighted by Crippen LogP contribution is 2.46. The minimum absolute atomic E-state index is 0.497. The summed E-state index contributed by atoms with van der Waals surface area (Å²) in [6.45, 7) is 8.18. The average molecular weight is 852 g/mol. The van der Waals surface area contributed by atoms with Gasteiger partial charge in [-0.3, -0.25) is 0 Å². The lowest BCUT2D eigenvalue weighted by atomic mass is 9.89. The second kappa shape index (κ2) is 15.1. The highest BCUT2D eigenvalue weighted by molar-refractivity contribution is 6.15. The molecule has 5 heteroatoms. The Bertz CT molecular complexity index is 3890. The number of hydrogen-bond acceptors (Lipinski definition) is 1. The maximum Gasteiger partial charge on any atom is 0.194 e. The van der Waals surface area contributed by atoms with Crippen LogP contribution in [0.5, 0.6) is 0 Å². The van der Waals surface area contributed by atoms with Crippen LogP contribution in [0.25, 0.3) is 121 Å². The molecule has 67 heavy (non-hydrogen) atoms. The molecule has 0 aliphatic carbocycles. The molecule has 0 atom stereocenters. The topological polar surface area (TPSA) is 42.9 Å². The summed E-state index contributed by atoms with van der Waals surface area (Å²) in [4.78, 5) is 3.95. The van der Waals surface area contributed by atoms with Crippen LogP contribution in [0.1, 0.15) is 5.56 Å². The third-order valence-corrected chi connectivity index (χ3v) is 13.5. The Balaban J connectivity index is 1.18. The Morgan fingerprint density at radius 1 is 0.343 bits per heavy atom. The van der Waals surface area contributed by atoms with Gasteiger partial charge in [0.25, 0.3) is 0 Å². The van der Waals surface area contributed by atoms with Crippen molar-refractivity contribution in [3.63, 3.8) is 0 Å². The number of hydrogen-bond donors (Lipinski definition) is 0. The van der Waals surface area contributed by atoms with Crippen LogP contribution in [0.4, 0.5) is 5.69 Å². The van der Waals surface area contributed by atoms with Crippen LogP contribution in [0.2, 0.25) is 0 Å². The van der Waals surface area contributed by atoms with E-state index in [1.165, 1.54) is 21.5 Å². The lowest BCUT2D eigenvalue weighted by molar-refractivity contribution is 1.16. The van der Waals surface area contributed by atoms with E-state index in [1.807, 2.05) is 18.2 Å². The summed E-state index contributed by atoms with van der Waals surface area (Å²) >= 11 is 0. The average Bonchev–Trinajstić information content (AvgIpc) is 4.03. The quantitative estimate of drug-likeness (QED) is 0.154. The minimum Gasteiger partial charge on any atom is -0.309 e. The van der Waals surface area contributed by atoms with Gasteiger partial charge in [-0.1, -0.05) is 146 Å². The van der Waals surface area contributed by atoms with Crippen LogP contribution >= 0.6 is 0 Å². The smallest absolute Gasteiger partial charge is 0.194 e. The molecule has 0 bridgehead atoms. The van der Waals surface area contributed by atoms with Crippen molar-refractivity contribution in [2.75, 3.05) is 0 Å². The van der Waals surface area contributed by atoms with Crippen LogP contribution in [0.3, 0.4) is 0 Å². The largest absolute Gasteiger partial charge is 0.309 e. The Morgan fingerprint density at radius 2 is 0.746 bits per heavy atom. The number of nitrogens with zero attached hydrogens (tertiary/aromatic N) is 5. The first-order valence-electron chi connectivity index (χ1n) is 22.4. The molecule has 0 spiro atoms. The normalized spacial score (nSPS) is 11.6. The summed E-state index contributed by atoms with van der Waals surface area (Å²) in [6.07, 6.45) is 0. The van der Waals surface area contributed by atoms with Crippen LogP contribution < -0.4 is 0 Å². The lowest BCUT2D eigenvalue weighted by Crippen LogP contribution is -2.02. The first-order valence-corrected chi connectivity index (χ1v) is 22.4. The molecular formula is C62H37N5. The highest BCUT2D eigenvalue weighted by Gasteiger charge is 2.24. The van der Waals surface area contributed by atoms with E-state index in [0.717, 1.165) is 94.3 Å². The molecule has 5 nitrogen and oxygen atoms in total. The number of rotatable bonds is 6. The zero-order valence-corrected chi connectivity index (χ0v) is 36.1. The van der Waals surface area contributed by atoms with Crippen LogP contribution in [-0.4, -0.2) is 13.7 Å². The Labute approximate surface area is 386 Å². The van der Waals surface area contributed by atoms with Gasteiger partial charge in [0.2, 0.25) is 0 Å². The predicted octanol–water partition coefficient (Wildman–Crippen LogP) is 16.4. The van der Waals surface area contributed by atoms with E-state index >= 15 is 0 Å². The van der Waals surface area contributed by atoms with Crippen molar-refractivity contribution in [3.05, 3.63) is 241 Å². The van der Waals surface area contributed by atoms with Gasteiger partial charge in [-0.25, -0.2) is 4.85 Å². The van der Waals surface area contributed by atoms with Gasteiger partial charge >= 0.3 is 0 Å². The van der Waals surface area contributed by atoms with Crippen LogP contribution in [0, 0.1) is 17.9 Å². The summed E-state index contributed by atoms with van der Waals surface area (Å²) in [5.74, 6) is 0. The van der Waals surface area contributed by atoms with Crippen molar-refractivity contribution in [3.8, 4) is 56.5 Å². The SMILES string of the molecule is [C-]#[N+]c1ccc(C#N)cc1-c1cc(-c2ccccc2)c(-n2c3ccc(-n4c5ccccc5c5ccccc54)cc3c3cc(-n4c5ccccc5c5ccccc54)ccc32)c(-c2ccccc2)c1. The van der Waals surface area contributed by atoms with Crippen molar-refractivity contribution >= 4 is 71.1 Å². The molecule has 13 aromatic rings. The lowest BCUT2D eigenvalue weighted by Gasteiger charge is -2.22. The molecule has 0 radical (unpaired) electrons. The van der Waals surface area contributed by atoms with Gasteiger partial charge < -0.3 is 13.7 Å². The number of benzene rings is 10. The standard InChI is InChI=1S/C62H37N5/c1-64-55-31-28-40(39-63)34-50(55)43-35-51(41-16-4-2-5-17-41)62(52(36-43)42-18-6-3-7-19-42)67-60-32-29-44(65-56-24-12-8-20-46(56)47-21-9-13-25-57(47)65)37-53(60)54-38-45(30-33-61(54)67)66-58-26-14-10-22-48(58)49-23-11-15-27-59(49)66/h2-38H. The summed E-state index contributed by atoms with van der Waals surface area (Å²) in [7, 11) is 0. The van der Waals surface area contributed by atoms with E-state index in [-0.39, 0.29) is 0 Å². The zero-order valence-electron chi connectivity index (χ0n) is 36.1. The maximum absolute atomic E-state index is 10.0. The molecular weight excluding hydrogens is 815 g/mol. The fraction of sp³-hybridized carbons (Fsp3) is 0. The Morgan fingerprint density at radius 3 is 1.16 bits per heavy atom. The van der Waals surface area contributed by atoms with Gasteiger partial charge in [-0.05, 0) is 101 Å². The molecule has 0 aliphatic heterocycles. The highest BCUT2D eigenvalue weighted by atomic mass is 15.0. The fourth-order valence-electron chi connectivity index (χ4n) is 10.6. The van der Waals surface area contributed by atoms with Crippen LogP contribution in [-0.2, 0) is 0 Å². The summed E-state index contributed by atoms with van der Waals surface area (Å²) in [5, 5.41) is 17.2. The van der Waals surface area contributed by atoms with Crippen molar-refractivity contribution in [2.45, 2.75) is 0 Å². The number of para-hydroxylation sites is 4. The van der Waals surface area contributed by atoms with Gasteiger partial charge in [-0.15, -0.1) is 0 Å². The van der Waals surface area contributed by atoms with Crippen molar-refractivity contribution < 1.29 is 0 Å². The third-order valence-electron chi connectivity index (χ3n) is 13.5. The molecule has 10 aromatic carbocycles. The molecule has 0 unspecified atom stereocenters. The van der Waals surface area contributed by atoms with E-state index in [1.54, 1.807) is 12.1 Å². The number of fused-ring (bicyclic) bond motifs is 9. The molecule has 13 rings (SSSR count). The molecule has 0 fully saturated rings. The molecule has 3 heterocycles.